The van der Waals surface area contributed by atoms with Crippen LogP contribution in [0.3, 0.4) is 0 Å². The molecule has 3 rings (SSSR count). The van der Waals surface area contributed by atoms with Gasteiger partial charge in [0.05, 0.1) is 11.6 Å². The second-order valence-electron chi connectivity index (χ2n) is 6.81. The normalized spacial score (nSPS) is 16.9. The van der Waals surface area contributed by atoms with Crippen LogP contribution in [0.2, 0.25) is 0 Å². The number of amides is 1. The summed E-state index contributed by atoms with van der Waals surface area (Å²) in [5, 5.41) is 3.23. The van der Waals surface area contributed by atoms with Gasteiger partial charge in [0.25, 0.3) is 0 Å². The van der Waals surface area contributed by atoms with Crippen molar-refractivity contribution in [3.8, 4) is 0 Å². The molecule has 3 nitrogen and oxygen atoms in total. The van der Waals surface area contributed by atoms with Crippen molar-refractivity contribution in [3.63, 3.8) is 0 Å². The lowest BCUT2D eigenvalue weighted by molar-refractivity contribution is -0.123. The number of carbonyl (C=O) groups excluding carboxylic acids is 1. The van der Waals surface area contributed by atoms with E-state index in [1.54, 1.807) is 6.20 Å². The Balaban J connectivity index is 1.69. The molecule has 0 spiro atoms. The van der Waals surface area contributed by atoms with Crippen molar-refractivity contribution < 1.29 is 4.79 Å². The van der Waals surface area contributed by atoms with Crippen LogP contribution in [0.25, 0.3) is 0 Å². The van der Waals surface area contributed by atoms with E-state index in [4.69, 9.17) is 0 Å². The Morgan fingerprint density at radius 3 is 2.50 bits per heavy atom. The number of pyridine rings is 1. The Morgan fingerprint density at radius 1 is 1.17 bits per heavy atom. The third-order valence-electron chi connectivity index (χ3n) is 5.24. The van der Waals surface area contributed by atoms with Crippen LogP contribution in [0.5, 0.6) is 0 Å². The first kappa shape index (κ1) is 16.7. The van der Waals surface area contributed by atoms with Crippen molar-refractivity contribution in [2.75, 3.05) is 6.54 Å². The molecule has 0 saturated heterocycles. The van der Waals surface area contributed by atoms with E-state index in [2.05, 4.69) is 41.5 Å². The first-order valence-electron chi connectivity index (χ1n) is 8.99. The lowest BCUT2D eigenvalue weighted by Crippen LogP contribution is -2.46. The van der Waals surface area contributed by atoms with Gasteiger partial charge in [0.1, 0.15) is 0 Å². The number of rotatable bonds is 7. The zero-order valence-electron chi connectivity index (χ0n) is 14.4. The molecule has 1 aromatic heterocycles. The number of hydrogen-bond acceptors (Lipinski definition) is 2. The largest absolute Gasteiger partial charge is 0.355 e. The van der Waals surface area contributed by atoms with E-state index >= 15 is 0 Å². The molecule has 2 aromatic rings. The van der Waals surface area contributed by atoms with E-state index in [0.717, 1.165) is 37.9 Å². The SMILES string of the molecule is CCCC(C(=O)NCC1(c2ccccc2)CCC1)c1ccccn1. The summed E-state index contributed by atoms with van der Waals surface area (Å²) in [6.07, 6.45) is 7.12. The van der Waals surface area contributed by atoms with Crippen LogP contribution in [0, 0.1) is 0 Å². The summed E-state index contributed by atoms with van der Waals surface area (Å²) in [5.41, 5.74) is 2.35. The van der Waals surface area contributed by atoms with Crippen LogP contribution in [0.4, 0.5) is 0 Å². The van der Waals surface area contributed by atoms with Crippen molar-refractivity contribution in [1.29, 1.82) is 0 Å². The van der Waals surface area contributed by atoms with Gasteiger partial charge >= 0.3 is 0 Å². The van der Waals surface area contributed by atoms with E-state index in [1.165, 1.54) is 12.0 Å². The third kappa shape index (κ3) is 3.50. The van der Waals surface area contributed by atoms with Gasteiger partial charge in [0, 0.05) is 18.2 Å². The fraction of sp³-hybridized carbons (Fsp3) is 0.429. The highest BCUT2D eigenvalue weighted by Crippen LogP contribution is 2.43. The van der Waals surface area contributed by atoms with Gasteiger partial charge in [0.15, 0.2) is 0 Å². The molecule has 1 aromatic carbocycles. The molecule has 1 saturated carbocycles. The zero-order valence-corrected chi connectivity index (χ0v) is 14.4. The van der Waals surface area contributed by atoms with E-state index < -0.39 is 0 Å². The molecule has 1 fully saturated rings. The van der Waals surface area contributed by atoms with Gasteiger partial charge in [-0.2, -0.15) is 0 Å². The van der Waals surface area contributed by atoms with E-state index in [1.807, 2.05) is 24.3 Å². The number of carbonyl (C=O) groups is 1. The van der Waals surface area contributed by atoms with Gasteiger partial charge in [-0.1, -0.05) is 56.2 Å². The summed E-state index contributed by atoms with van der Waals surface area (Å²) in [4.78, 5) is 17.2. The fourth-order valence-electron chi connectivity index (χ4n) is 3.63. The lowest BCUT2D eigenvalue weighted by Gasteiger charge is -2.43. The Bertz CT molecular complexity index is 650. The van der Waals surface area contributed by atoms with Crippen molar-refractivity contribution in [3.05, 3.63) is 66.0 Å². The molecule has 1 aliphatic rings. The van der Waals surface area contributed by atoms with E-state index in [0.29, 0.717) is 0 Å². The molecule has 24 heavy (non-hydrogen) atoms. The number of hydrogen-bond donors (Lipinski definition) is 1. The van der Waals surface area contributed by atoms with Crippen molar-refractivity contribution >= 4 is 5.91 Å². The summed E-state index contributed by atoms with van der Waals surface area (Å²) >= 11 is 0. The van der Waals surface area contributed by atoms with Crippen LogP contribution in [0.15, 0.2) is 54.7 Å². The molecule has 0 radical (unpaired) electrons. The summed E-state index contributed by atoms with van der Waals surface area (Å²) in [6.45, 7) is 2.84. The molecular formula is C21H26N2O. The summed E-state index contributed by atoms with van der Waals surface area (Å²) in [5.74, 6) is -0.0399. The number of nitrogens with one attached hydrogen (secondary N) is 1. The maximum atomic E-state index is 12.8. The van der Waals surface area contributed by atoms with Crippen LogP contribution >= 0.6 is 0 Å². The Morgan fingerprint density at radius 2 is 1.92 bits per heavy atom. The monoisotopic (exact) mass is 322 g/mol. The minimum absolute atomic E-state index is 0.109. The molecule has 1 unspecified atom stereocenters. The Labute approximate surface area is 144 Å². The topological polar surface area (TPSA) is 42.0 Å². The van der Waals surface area contributed by atoms with Crippen LogP contribution in [0.1, 0.15) is 56.2 Å². The number of benzene rings is 1. The van der Waals surface area contributed by atoms with Crippen molar-refractivity contribution in [2.24, 2.45) is 0 Å². The molecule has 0 bridgehead atoms. The molecule has 1 heterocycles. The van der Waals surface area contributed by atoms with Crippen LogP contribution in [-0.4, -0.2) is 17.4 Å². The molecule has 126 valence electrons. The van der Waals surface area contributed by atoms with Crippen molar-refractivity contribution in [2.45, 2.75) is 50.4 Å². The zero-order chi connectivity index (χ0) is 16.8. The average molecular weight is 322 g/mol. The quantitative estimate of drug-likeness (QED) is 0.830. The van der Waals surface area contributed by atoms with Gasteiger partial charge < -0.3 is 5.32 Å². The minimum Gasteiger partial charge on any atom is -0.355 e. The second-order valence-corrected chi connectivity index (χ2v) is 6.81. The van der Waals surface area contributed by atoms with Gasteiger partial charge in [-0.25, -0.2) is 0 Å². The third-order valence-corrected chi connectivity index (χ3v) is 5.24. The lowest BCUT2D eigenvalue weighted by atomic mass is 9.64. The minimum atomic E-state index is -0.149. The molecule has 1 N–H and O–H groups in total. The van der Waals surface area contributed by atoms with Gasteiger partial charge in [-0.15, -0.1) is 0 Å². The molecule has 1 atom stereocenters. The second kappa shape index (κ2) is 7.61. The maximum absolute atomic E-state index is 12.8. The van der Waals surface area contributed by atoms with Gasteiger partial charge in [-0.05, 0) is 37.0 Å². The number of aromatic nitrogens is 1. The summed E-state index contributed by atoms with van der Waals surface area (Å²) in [6, 6.07) is 16.4. The highest BCUT2D eigenvalue weighted by Gasteiger charge is 2.39. The first-order chi connectivity index (χ1) is 11.7. The highest BCUT2D eigenvalue weighted by molar-refractivity contribution is 5.83. The molecular weight excluding hydrogens is 296 g/mol. The summed E-state index contributed by atoms with van der Waals surface area (Å²) in [7, 11) is 0. The predicted molar refractivity (Wildman–Crippen MR) is 96.9 cm³/mol. The number of nitrogens with zero attached hydrogens (tertiary/aromatic N) is 1. The molecule has 1 aliphatic carbocycles. The smallest absolute Gasteiger partial charge is 0.229 e. The van der Waals surface area contributed by atoms with Gasteiger partial charge in [0.2, 0.25) is 5.91 Å². The molecule has 1 amide bonds. The molecule has 0 aliphatic heterocycles. The fourth-order valence-corrected chi connectivity index (χ4v) is 3.63. The van der Waals surface area contributed by atoms with E-state index in [-0.39, 0.29) is 17.2 Å². The first-order valence-corrected chi connectivity index (χ1v) is 8.99. The molecule has 3 heteroatoms. The van der Waals surface area contributed by atoms with E-state index in [9.17, 15) is 4.79 Å². The maximum Gasteiger partial charge on any atom is 0.229 e. The standard InChI is InChI=1S/C21H26N2O/c1-2-9-18(19-12-6-7-15-22-19)20(24)23-16-21(13-8-14-21)17-10-4-3-5-11-17/h3-7,10-12,15,18H,2,8-9,13-14,16H2,1H3,(H,23,24). The Hall–Kier alpha value is -2.16. The highest BCUT2D eigenvalue weighted by atomic mass is 16.1. The predicted octanol–water partition coefficient (Wildman–Crippen LogP) is 4.20. The Kier molecular flexibility index (Phi) is 5.29. The summed E-state index contributed by atoms with van der Waals surface area (Å²) < 4.78 is 0. The average Bonchev–Trinajstić information content (AvgIpc) is 2.60. The van der Waals surface area contributed by atoms with Gasteiger partial charge in [-0.3, -0.25) is 9.78 Å². The van der Waals surface area contributed by atoms with Crippen molar-refractivity contribution in [1.82, 2.24) is 10.3 Å². The van der Waals surface area contributed by atoms with Crippen LogP contribution in [-0.2, 0) is 10.2 Å². The van der Waals surface area contributed by atoms with Crippen LogP contribution < -0.4 is 5.32 Å².